The number of nitrogens with one attached hydrogen (secondary N) is 2. The van der Waals surface area contributed by atoms with Crippen molar-refractivity contribution in [3.05, 3.63) is 73.7 Å². The standard InChI is InChI=1S/C23H25N5O5S/c1-33-12-11-27-19(24)18(21(30)26-23(27)32)28(13-14-5-3-2-4-6-14)22(31)16-9-10-17(34-16)25-20(29)15-7-8-15/h2-6,9-10,15H,7-8,11-13,24H2,1H3,(H,25,29)(H,26,30,32). The molecule has 10 nitrogen and oxygen atoms in total. The largest absolute Gasteiger partial charge is 0.383 e. The number of carbonyl (C=O) groups is 2. The van der Waals surface area contributed by atoms with Crippen LogP contribution >= 0.6 is 11.3 Å². The van der Waals surface area contributed by atoms with Crippen LogP contribution in [0.25, 0.3) is 0 Å². The van der Waals surface area contributed by atoms with Crippen LogP contribution < -0.4 is 27.2 Å². The van der Waals surface area contributed by atoms with E-state index in [2.05, 4.69) is 10.3 Å². The zero-order chi connectivity index (χ0) is 24.2. The van der Waals surface area contributed by atoms with Crippen molar-refractivity contribution < 1.29 is 14.3 Å². The van der Waals surface area contributed by atoms with Crippen molar-refractivity contribution in [1.82, 2.24) is 9.55 Å². The number of hydrogen-bond donors (Lipinski definition) is 3. The van der Waals surface area contributed by atoms with Crippen LogP contribution in [0.4, 0.5) is 16.5 Å². The molecule has 0 unspecified atom stereocenters. The Hall–Kier alpha value is -3.70. The van der Waals surface area contributed by atoms with Crippen molar-refractivity contribution in [2.75, 3.05) is 29.7 Å². The van der Waals surface area contributed by atoms with Crippen molar-refractivity contribution >= 4 is 39.7 Å². The molecule has 1 saturated carbocycles. The summed E-state index contributed by atoms with van der Waals surface area (Å²) in [7, 11) is 1.48. The molecule has 0 radical (unpaired) electrons. The molecule has 4 N–H and O–H groups in total. The Labute approximate surface area is 199 Å². The second-order valence-corrected chi connectivity index (χ2v) is 9.03. The predicted octanol–water partition coefficient (Wildman–Crippen LogP) is 2.02. The minimum absolute atomic E-state index is 0.0299. The summed E-state index contributed by atoms with van der Waals surface area (Å²) in [6, 6.07) is 12.4. The summed E-state index contributed by atoms with van der Waals surface area (Å²) >= 11 is 1.12. The van der Waals surface area contributed by atoms with Gasteiger partial charge in [0.1, 0.15) is 5.82 Å². The Morgan fingerprint density at radius 1 is 1.21 bits per heavy atom. The smallest absolute Gasteiger partial charge is 0.330 e. The zero-order valence-corrected chi connectivity index (χ0v) is 19.4. The summed E-state index contributed by atoms with van der Waals surface area (Å²) in [6.07, 6.45) is 1.74. The quantitative estimate of drug-likeness (QED) is 0.425. The van der Waals surface area contributed by atoms with Gasteiger partial charge in [-0.05, 0) is 30.5 Å². The summed E-state index contributed by atoms with van der Waals surface area (Å²) in [5.74, 6) is -0.640. The third kappa shape index (κ3) is 5.10. The lowest BCUT2D eigenvalue weighted by Gasteiger charge is -2.24. The fraction of sp³-hybridized carbons (Fsp3) is 0.304. The molecule has 178 valence electrons. The van der Waals surface area contributed by atoms with Crippen molar-refractivity contribution in [3.63, 3.8) is 0 Å². The van der Waals surface area contributed by atoms with Crippen LogP contribution in [0, 0.1) is 5.92 Å². The summed E-state index contributed by atoms with van der Waals surface area (Å²) < 4.78 is 6.20. The minimum Gasteiger partial charge on any atom is -0.383 e. The van der Waals surface area contributed by atoms with Crippen LogP contribution in [0.2, 0.25) is 0 Å². The number of H-pyrrole nitrogens is 1. The van der Waals surface area contributed by atoms with E-state index in [1.807, 2.05) is 30.3 Å². The average Bonchev–Trinajstić information content (AvgIpc) is 3.57. The lowest BCUT2D eigenvalue weighted by Crippen LogP contribution is -2.41. The maximum absolute atomic E-state index is 13.6. The molecule has 11 heteroatoms. The van der Waals surface area contributed by atoms with Crippen molar-refractivity contribution in [1.29, 1.82) is 0 Å². The van der Waals surface area contributed by atoms with Crippen molar-refractivity contribution in [2.45, 2.75) is 25.9 Å². The molecule has 2 aromatic heterocycles. The molecule has 2 heterocycles. The molecule has 0 saturated heterocycles. The molecule has 1 fully saturated rings. The second kappa shape index (κ2) is 10.1. The van der Waals surface area contributed by atoms with Crippen LogP contribution in [-0.4, -0.2) is 35.1 Å². The Morgan fingerprint density at radius 3 is 2.62 bits per heavy atom. The molecule has 0 spiro atoms. The van der Waals surface area contributed by atoms with Crippen molar-refractivity contribution in [3.8, 4) is 0 Å². The first-order valence-electron chi connectivity index (χ1n) is 10.8. The Morgan fingerprint density at radius 2 is 1.94 bits per heavy atom. The number of nitrogens with two attached hydrogens (primary N) is 1. The van der Waals surface area contributed by atoms with Gasteiger partial charge in [0.05, 0.1) is 29.6 Å². The number of anilines is 3. The average molecular weight is 484 g/mol. The third-order valence-corrected chi connectivity index (χ3v) is 6.43. The van der Waals surface area contributed by atoms with E-state index in [0.29, 0.717) is 9.88 Å². The van der Waals surface area contributed by atoms with Gasteiger partial charge in [0.25, 0.3) is 11.5 Å². The van der Waals surface area contributed by atoms with E-state index >= 15 is 0 Å². The fourth-order valence-electron chi connectivity index (χ4n) is 3.48. The molecule has 3 aromatic rings. The van der Waals surface area contributed by atoms with Crippen LogP contribution in [0.15, 0.2) is 52.1 Å². The lowest BCUT2D eigenvalue weighted by molar-refractivity contribution is -0.117. The Bertz CT molecular complexity index is 1310. The molecule has 1 aliphatic rings. The van der Waals surface area contributed by atoms with Gasteiger partial charge in [0.2, 0.25) is 5.91 Å². The van der Waals surface area contributed by atoms with Gasteiger partial charge in [-0.3, -0.25) is 28.8 Å². The Kier molecular flexibility index (Phi) is 6.94. The van der Waals surface area contributed by atoms with Gasteiger partial charge in [-0.2, -0.15) is 0 Å². The molecule has 1 aromatic carbocycles. The molecule has 34 heavy (non-hydrogen) atoms. The zero-order valence-electron chi connectivity index (χ0n) is 18.6. The van der Waals surface area contributed by atoms with Gasteiger partial charge in [-0.25, -0.2) is 4.79 Å². The Balaban J connectivity index is 1.72. The highest BCUT2D eigenvalue weighted by Crippen LogP contribution is 2.32. The van der Waals surface area contributed by atoms with Crippen LogP contribution in [0.3, 0.4) is 0 Å². The van der Waals surface area contributed by atoms with Gasteiger partial charge < -0.3 is 15.8 Å². The van der Waals surface area contributed by atoms with Gasteiger partial charge in [-0.15, -0.1) is 11.3 Å². The molecule has 2 amide bonds. The fourth-order valence-corrected chi connectivity index (χ4v) is 4.34. The number of nitrogen functional groups attached to an aromatic ring is 1. The summed E-state index contributed by atoms with van der Waals surface area (Å²) in [5.41, 5.74) is 5.44. The molecule has 0 aliphatic heterocycles. The first kappa shape index (κ1) is 23.5. The molecular formula is C23H25N5O5S. The van der Waals surface area contributed by atoms with E-state index in [-0.39, 0.29) is 43.0 Å². The van der Waals surface area contributed by atoms with E-state index < -0.39 is 17.2 Å². The number of hydrogen-bond acceptors (Lipinski definition) is 7. The number of methoxy groups -OCH3 is 1. The number of rotatable bonds is 9. The lowest BCUT2D eigenvalue weighted by atomic mass is 10.2. The molecule has 4 rings (SSSR count). The van der Waals surface area contributed by atoms with E-state index in [9.17, 15) is 19.2 Å². The number of ether oxygens (including phenoxy) is 1. The molecule has 0 bridgehead atoms. The van der Waals surface area contributed by atoms with E-state index in [0.717, 1.165) is 29.7 Å². The highest BCUT2D eigenvalue weighted by molar-refractivity contribution is 7.18. The number of benzene rings is 1. The number of carbonyl (C=O) groups excluding carboxylic acids is 2. The number of thiophene rings is 1. The van der Waals surface area contributed by atoms with E-state index in [1.54, 1.807) is 12.1 Å². The SMILES string of the molecule is COCCn1c(N)c(N(Cc2ccccc2)C(=O)c2ccc(NC(=O)C3CC3)s2)c(=O)[nH]c1=O. The monoisotopic (exact) mass is 483 g/mol. The van der Waals surface area contributed by atoms with E-state index in [1.165, 1.54) is 16.6 Å². The predicted molar refractivity (Wildman–Crippen MR) is 130 cm³/mol. The van der Waals surface area contributed by atoms with E-state index in [4.69, 9.17) is 10.5 Å². The highest BCUT2D eigenvalue weighted by Gasteiger charge is 2.30. The maximum Gasteiger partial charge on any atom is 0.330 e. The highest BCUT2D eigenvalue weighted by atomic mass is 32.1. The van der Waals surface area contributed by atoms with Crippen LogP contribution in [0.5, 0.6) is 0 Å². The normalized spacial score (nSPS) is 13.0. The van der Waals surface area contributed by atoms with Gasteiger partial charge in [-0.1, -0.05) is 30.3 Å². The summed E-state index contributed by atoms with van der Waals surface area (Å²) in [6.45, 7) is 0.350. The van der Waals surface area contributed by atoms with Crippen LogP contribution in [-0.2, 0) is 22.6 Å². The molecular weight excluding hydrogens is 458 g/mol. The van der Waals surface area contributed by atoms with Crippen molar-refractivity contribution in [2.24, 2.45) is 5.92 Å². The number of aromatic amines is 1. The van der Waals surface area contributed by atoms with Gasteiger partial charge in [0.15, 0.2) is 5.69 Å². The maximum atomic E-state index is 13.6. The first-order valence-corrected chi connectivity index (χ1v) is 11.6. The minimum atomic E-state index is -0.765. The van der Waals surface area contributed by atoms with Gasteiger partial charge in [0, 0.05) is 13.0 Å². The topological polar surface area (TPSA) is 140 Å². The summed E-state index contributed by atoms with van der Waals surface area (Å²) in [4.78, 5) is 54.7. The second-order valence-electron chi connectivity index (χ2n) is 7.94. The number of nitrogens with zero attached hydrogens (tertiary/aromatic N) is 2. The molecule has 1 aliphatic carbocycles. The number of aromatic nitrogens is 2. The van der Waals surface area contributed by atoms with Gasteiger partial charge >= 0.3 is 5.69 Å². The summed E-state index contributed by atoms with van der Waals surface area (Å²) in [5, 5.41) is 3.37. The first-order chi connectivity index (χ1) is 16.4. The van der Waals surface area contributed by atoms with Crippen LogP contribution in [0.1, 0.15) is 28.1 Å². The molecule has 0 atom stereocenters. The third-order valence-electron chi connectivity index (χ3n) is 5.44. The number of amides is 2.